The van der Waals surface area contributed by atoms with Crippen LogP contribution in [0.2, 0.25) is 0 Å². The molecule has 0 unspecified atom stereocenters. The maximum absolute atomic E-state index is 11.0. The molecular weight excluding hydrogens is 210 g/mol. The molecular formula is C15H15NO. The summed E-state index contributed by atoms with van der Waals surface area (Å²) in [5.41, 5.74) is 3.79. The quantitative estimate of drug-likeness (QED) is 0.798. The normalized spacial score (nSPS) is 21.6. The summed E-state index contributed by atoms with van der Waals surface area (Å²) in [6.45, 7) is 0. The van der Waals surface area contributed by atoms with Gasteiger partial charge in [0.25, 0.3) is 0 Å². The Morgan fingerprint density at radius 2 is 2.12 bits per heavy atom. The van der Waals surface area contributed by atoms with E-state index in [0.717, 1.165) is 28.7 Å². The first-order valence-electron chi connectivity index (χ1n) is 6.40. The van der Waals surface area contributed by atoms with Crippen molar-refractivity contribution in [3.63, 3.8) is 0 Å². The molecule has 2 fully saturated rings. The van der Waals surface area contributed by atoms with Crippen molar-refractivity contribution in [2.45, 2.75) is 31.1 Å². The molecule has 0 amide bonds. The Labute approximate surface area is 100 Å². The van der Waals surface area contributed by atoms with Crippen molar-refractivity contribution in [2.24, 2.45) is 5.92 Å². The minimum Gasteiger partial charge on any atom is -0.360 e. The molecule has 0 radical (unpaired) electrons. The summed E-state index contributed by atoms with van der Waals surface area (Å²) in [6.07, 6.45) is 8.21. The largest absolute Gasteiger partial charge is 0.360 e. The van der Waals surface area contributed by atoms with Gasteiger partial charge in [0.1, 0.15) is 0 Å². The number of aldehydes is 1. The minimum atomic E-state index is 0.478. The minimum absolute atomic E-state index is 0.478. The number of nitrogens with one attached hydrogen (secondary N) is 1. The van der Waals surface area contributed by atoms with Gasteiger partial charge in [-0.25, -0.2) is 0 Å². The summed E-state index contributed by atoms with van der Waals surface area (Å²) in [6, 6.07) is 6.61. The lowest BCUT2D eigenvalue weighted by molar-refractivity contribution is 0.112. The summed E-state index contributed by atoms with van der Waals surface area (Å²) in [5, 5.41) is 1.09. The van der Waals surface area contributed by atoms with Gasteiger partial charge in [0.2, 0.25) is 0 Å². The number of H-pyrrole nitrogens is 1. The maximum atomic E-state index is 11.0. The van der Waals surface area contributed by atoms with Crippen LogP contribution in [0.15, 0.2) is 24.4 Å². The zero-order valence-corrected chi connectivity index (χ0v) is 9.70. The fourth-order valence-corrected chi connectivity index (χ4v) is 3.25. The van der Waals surface area contributed by atoms with Gasteiger partial charge < -0.3 is 4.98 Å². The fourth-order valence-electron chi connectivity index (χ4n) is 3.25. The van der Waals surface area contributed by atoms with E-state index in [1.165, 1.54) is 31.2 Å². The predicted molar refractivity (Wildman–Crippen MR) is 67.3 cm³/mol. The third kappa shape index (κ3) is 1.24. The monoisotopic (exact) mass is 225 g/mol. The molecule has 1 aromatic heterocycles. The van der Waals surface area contributed by atoms with Crippen LogP contribution in [0.4, 0.5) is 0 Å². The van der Waals surface area contributed by atoms with Crippen molar-refractivity contribution < 1.29 is 4.79 Å². The average Bonchev–Trinajstić information content (AvgIpc) is 3.22. The van der Waals surface area contributed by atoms with Gasteiger partial charge in [-0.2, -0.15) is 0 Å². The van der Waals surface area contributed by atoms with Crippen LogP contribution in [0.1, 0.15) is 41.6 Å². The summed E-state index contributed by atoms with van der Waals surface area (Å²) in [5.74, 6) is 0.915. The van der Waals surface area contributed by atoms with Gasteiger partial charge in [0.15, 0.2) is 6.29 Å². The van der Waals surface area contributed by atoms with Crippen LogP contribution < -0.4 is 0 Å². The van der Waals surface area contributed by atoms with Crippen molar-refractivity contribution >= 4 is 17.2 Å². The first-order valence-corrected chi connectivity index (χ1v) is 6.40. The SMILES string of the molecule is O=Cc1c[nH]c2ccc(C3(C4CC4)CC3)cc12. The van der Waals surface area contributed by atoms with E-state index >= 15 is 0 Å². The van der Waals surface area contributed by atoms with Gasteiger partial charge in [0.05, 0.1) is 0 Å². The molecule has 1 N–H and O–H groups in total. The molecule has 2 saturated carbocycles. The van der Waals surface area contributed by atoms with Crippen LogP contribution in [-0.4, -0.2) is 11.3 Å². The van der Waals surface area contributed by atoms with E-state index in [2.05, 4.69) is 23.2 Å². The number of carbonyl (C=O) groups is 1. The van der Waals surface area contributed by atoms with Crippen molar-refractivity contribution in [1.82, 2.24) is 4.98 Å². The smallest absolute Gasteiger partial charge is 0.152 e. The summed E-state index contributed by atoms with van der Waals surface area (Å²) < 4.78 is 0. The van der Waals surface area contributed by atoms with Crippen LogP contribution in [-0.2, 0) is 5.41 Å². The Balaban J connectivity index is 1.88. The number of fused-ring (bicyclic) bond motifs is 1. The summed E-state index contributed by atoms with van der Waals surface area (Å²) >= 11 is 0. The van der Waals surface area contributed by atoms with E-state index in [1.807, 2.05) is 0 Å². The van der Waals surface area contributed by atoms with Crippen LogP contribution >= 0.6 is 0 Å². The molecule has 2 nitrogen and oxygen atoms in total. The summed E-state index contributed by atoms with van der Waals surface area (Å²) in [4.78, 5) is 14.1. The molecule has 2 heteroatoms. The maximum Gasteiger partial charge on any atom is 0.152 e. The molecule has 0 aliphatic heterocycles. The van der Waals surface area contributed by atoms with Gasteiger partial charge in [-0.15, -0.1) is 0 Å². The van der Waals surface area contributed by atoms with E-state index in [9.17, 15) is 4.79 Å². The first-order chi connectivity index (χ1) is 8.33. The molecule has 1 heterocycles. The lowest BCUT2D eigenvalue weighted by Crippen LogP contribution is -2.08. The fraction of sp³-hybridized carbons (Fsp3) is 0.400. The second-order valence-electron chi connectivity index (χ2n) is 5.55. The lowest BCUT2D eigenvalue weighted by Gasteiger charge is -2.14. The van der Waals surface area contributed by atoms with Crippen LogP contribution in [0.5, 0.6) is 0 Å². The second-order valence-corrected chi connectivity index (χ2v) is 5.55. The van der Waals surface area contributed by atoms with Gasteiger partial charge in [-0.1, -0.05) is 6.07 Å². The lowest BCUT2D eigenvalue weighted by atomic mass is 9.90. The third-order valence-corrected chi connectivity index (χ3v) is 4.56. The van der Waals surface area contributed by atoms with Crippen molar-refractivity contribution in [1.29, 1.82) is 0 Å². The molecule has 2 aliphatic rings. The van der Waals surface area contributed by atoms with E-state index in [4.69, 9.17) is 0 Å². The van der Waals surface area contributed by atoms with Crippen LogP contribution in [0.25, 0.3) is 10.9 Å². The van der Waals surface area contributed by atoms with E-state index in [-0.39, 0.29) is 0 Å². The van der Waals surface area contributed by atoms with Crippen molar-refractivity contribution in [3.8, 4) is 0 Å². The number of carbonyl (C=O) groups excluding carboxylic acids is 1. The van der Waals surface area contributed by atoms with Crippen LogP contribution in [0, 0.1) is 5.92 Å². The molecule has 0 saturated heterocycles. The zero-order chi connectivity index (χ0) is 11.5. The zero-order valence-electron chi connectivity index (χ0n) is 9.70. The topological polar surface area (TPSA) is 32.9 Å². The number of rotatable bonds is 3. The number of hydrogen-bond acceptors (Lipinski definition) is 1. The number of aromatic nitrogens is 1. The highest BCUT2D eigenvalue weighted by Gasteiger charge is 2.54. The van der Waals surface area contributed by atoms with Gasteiger partial charge in [-0.3, -0.25) is 4.79 Å². The van der Waals surface area contributed by atoms with Crippen molar-refractivity contribution in [3.05, 3.63) is 35.5 Å². The summed E-state index contributed by atoms with van der Waals surface area (Å²) in [7, 11) is 0. The highest BCUT2D eigenvalue weighted by molar-refractivity contribution is 5.97. The molecule has 0 atom stereocenters. The predicted octanol–water partition coefficient (Wildman–Crippen LogP) is 3.42. The highest BCUT2D eigenvalue weighted by atomic mass is 16.1. The van der Waals surface area contributed by atoms with Crippen molar-refractivity contribution in [2.75, 3.05) is 0 Å². The molecule has 17 heavy (non-hydrogen) atoms. The van der Waals surface area contributed by atoms with E-state index in [0.29, 0.717) is 5.41 Å². The Bertz CT molecular complexity index is 602. The molecule has 0 bridgehead atoms. The van der Waals surface area contributed by atoms with E-state index in [1.54, 1.807) is 6.20 Å². The molecule has 86 valence electrons. The van der Waals surface area contributed by atoms with Gasteiger partial charge in [0, 0.05) is 22.7 Å². The van der Waals surface area contributed by atoms with Crippen LogP contribution in [0.3, 0.4) is 0 Å². The number of benzene rings is 1. The van der Waals surface area contributed by atoms with E-state index < -0.39 is 0 Å². The highest BCUT2D eigenvalue weighted by Crippen LogP contribution is 2.62. The van der Waals surface area contributed by atoms with Gasteiger partial charge >= 0.3 is 0 Å². The first kappa shape index (κ1) is 9.46. The Morgan fingerprint density at radius 1 is 1.29 bits per heavy atom. The Hall–Kier alpha value is -1.57. The Kier molecular flexibility index (Phi) is 1.67. The molecule has 0 spiro atoms. The number of hydrogen-bond donors (Lipinski definition) is 1. The standard InChI is InChI=1S/C15H15NO/c17-9-10-8-16-14-4-3-12(7-13(10)14)15(5-6-15)11-1-2-11/h3-4,7-9,11,16H,1-2,5-6H2. The average molecular weight is 225 g/mol. The third-order valence-electron chi connectivity index (χ3n) is 4.56. The molecule has 2 aliphatic carbocycles. The molecule has 2 aromatic rings. The van der Waals surface area contributed by atoms with Gasteiger partial charge in [-0.05, 0) is 54.7 Å². The number of aromatic amines is 1. The molecule has 1 aromatic carbocycles. The second kappa shape index (κ2) is 3.00. The molecule has 4 rings (SSSR count). The Morgan fingerprint density at radius 3 is 2.76 bits per heavy atom.